The Kier molecular flexibility index (Phi) is 6.21. The van der Waals surface area contributed by atoms with E-state index < -0.39 is 28.4 Å². The lowest BCUT2D eigenvalue weighted by Crippen LogP contribution is -2.40. The second-order valence-corrected chi connectivity index (χ2v) is 9.43. The third kappa shape index (κ3) is 4.62. The summed E-state index contributed by atoms with van der Waals surface area (Å²) in [6, 6.07) is 12.5. The second-order valence-electron chi connectivity index (χ2n) is 7.13. The highest BCUT2D eigenvalue weighted by Crippen LogP contribution is 2.27. The largest absolute Gasteiger partial charge is 0.496 e. The first-order valence-electron chi connectivity index (χ1n) is 9.77. The second kappa shape index (κ2) is 9.08. The molecular formula is C22H19ClN4O5S. The number of ether oxygens (including phenoxy) is 1. The molecule has 170 valence electrons. The molecule has 0 spiro atoms. The number of aromatic nitrogens is 2. The van der Waals surface area contributed by atoms with Gasteiger partial charge in [0.25, 0.3) is 15.9 Å². The van der Waals surface area contributed by atoms with Crippen LogP contribution in [0.2, 0.25) is 5.02 Å². The first-order chi connectivity index (χ1) is 15.8. The number of aromatic amines is 1. The van der Waals surface area contributed by atoms with Crippen molar-refractivity contribution in [3.05, 3.63) is 70.9 Å². The number of benzene rings is 2. The highest BCUT2D eigenvalue weighted by atomic mass is 35.5. The van der Waals surface area contributed by atoms with E-state index in [0.717, 1.165) is 0 Å². The molecule has 2 heterocycles. The van der Waals surface area contributed by atoms with Crippen LogP contribution in [0.1, 0.15) is 5.56 Å². The molecule has 0 atom stereocenters. The SMILES string of the molecule is COc1ccc(Cl)cc1/C=C1\CNC(=O)CN(S(=O)(=O)c2ccc(-c3cc[nH]n3)cc2)C1=O. The molecule has 1 aliphatic heterocycles. The number of carbonyl (C=O) groups excluding carboxylic acids is 2. The van der Waals surface area contributed by atoms with Gasteiger partial charge >= 0.3 is 0 Å². The van der Waals surface area contributed by atoms with E-state index in [1.807, 2.05) is 0 Å². The number of halogens is 1. The molecule has 1 saturated heterocycles. The summed E-state index contributed by atoms with van der Waals surface area (Å²) in [4.78, 5) is 25.4. The Morgan fingerprint density at radius 1 is 1.12 bits per heavy atom. The number of hydrogen-bond acceptors (Lipinski definition) is 6. The molecule has 0 bridgehead atoms. The molecule has 11 heteroatoms. The maximum absolute atomic E-state index is 13.3. The molecule has 2 amide bonds. The standard InChI is InChI=1S/C22H19ClN4O5S/c1-32-20-7-4-17(23)11-15(20)10-16-12-24-21(28)13-27(22(16)29)33(30,31)18-5-2-14(3-6-18)19-8-9-25-26-19/h2-11H,12-13H2,1H3,(H,24,28)(H,25,26)/b16-10+. The van der Waals surface area contributed by atoms with Gasteiger partial charge in [-0.1, -0.05) is 23.7 Å². The summed E-state index contributed by atoms with van der Waals surface area (Å²) < 4.78 is 32.5. The first-order valence-corrected chi connectivity index (χ1v) is 11.6. The minimum absolute atomic E-state index is 0.0677. The molecule has 1 fully saturated rings. The molecule has 0 saturated carbocycles. The summed E-state index contributed by atoms with van der Waals surface area (Å²) in [5, 5.41) is 9.71. The Balaban J connectivity index is 1.71. The van der Waals surface area contributed by atoms with Gasteiger partial charge < -0.3 is 10.1 Å². The van der Waals surface area contributed by atoms with Gasteiger partial charge in [-0.2, -0.15) is 5.10 Å². The Morgan fingerprint density at radius 3 is 2.55 bits per heavy atom. The molecule has 33 heavy (non-hydrogen) atoms. The van der Waals surface area contributed by atoms with E-state index in [-0.39, 0.29) is 17.0 Å². The Bertz CT molecular complexity index is 1340. The predicted molar refractivity (Wildman–Crippen MR) is 122 cm³/mol. The van der Waals surface area contributed by atoms with Crippen LogP contribution in [0, 0.1) is 0 Å². The van der Waals surface area contributed by atoms with Gasteiger partial charge in [0.2, 0.25) is 5.91 Å². The van der Waals surface area contributed by atoms with E-state index >= 15 is 0 Å². The van der Waals surface area contributed by atoms with Crippen molar-refractivity contribution in [1.82, 2.24) is 19.8 Å². The highest BCUT2D eigenvalue weighted by Gasteiger charge is 2.35. The number of amides is 2. The summed E-state index contributed by atoms with van der Waals surface area (Å²) in [6.45, 7) is -0.774. The van der Waals surface area contributed by atoms with Crippen LogP contribution < -0.4 is 10.1 Å². The van der Waals surface area contributed by atoms with Crippen molar-refractivity contribution in [3.63, 3.8) is 0 Å². The average Bonchev–Trinajstić information content (AvgIpc) is 3.30. The monoisotopic (exact) mass is 486 g/mol. The number of methoxy groups -OCH3 is 1. The fraction of sp³-hybridized carbons (Fsp3) is 0.136. The van der Waals surface area contributed by atoms with Gasteiger partial charge in [0.15, 0.2) is 0 Å². The maximum atomic E-state index is 13.3. The van der Waals surface area contributed by atoms with Crippen LogP contribution in [-0.4, -0.2) is 54.9 Å². The first kappa shape index (κ1) is 22.6. The summed E-state index contributed by atoms with van der Waals surface area (Å²) in [6.07, 6.45) is 3.11. The number of H-pyrrole nitrogens is 1. The number of nitrogens with zero attached hydrogens (tertiary/aromatic N) is 2. The van der Waals surface area contributed by atoms with Gasteiger partial charge in [0.1, 0.15) is 12.3 Å². The molecule has 4 rings (SSSR count). The van der Waals surface area contributed by atoms with E-state index in [9.17, 15) is 18.0 Å². The maximum Gasteiger partial charge on any atom is 0.267 e. The zero-order valence-electron chi connectivity index (χ0n) is 17.4. The minimum Gasteiger partial charge on any atom is -0.496 e. The van der Waals surface area contributed by atoms with Crippen LogP contribution in [-0.2, 0) is 19.6 Å². The molecular weight excluding hydrogens is 468 g/mol. The lowest BCUT2D eigenvalue weighted by atomic mass is 10.1. The van der Waals surface area contributed by atoms with E-state index in [0.29, 0.717) is 31.9 Å². The van der Waals surface area contributed by atoms with Crippen LogP contribution in [0.4, 0.5) is 0 Å². The molecule has 0 aliphatic carbocycles. The summed E-state index contributed by atoms with van der Waals surface area (Å²) in [5.41, 5.74) is 1.89. The molecule has 0 radical (unpaired) electrons. The predicted octanol–water partition coefficient (Wildman–Crippen LogP) is 2.47. The van der Waals surface area contributed by atoms with E-state index in [2.05, 4.69) is 15.5 Å². The normalized spacial score (nSPS) is 15.9. The van der Waals surface area contributed by atoms with Gasteiger partial charge in [0.05, 0.1) is 17.7 Å². The zero-order chi connectivity index (χ0) is 23.6. The number of rotatable bonds is 5. The van der Waals surface area contributed by atoms with Gasteiger partial charge in [-0.05, 0) is 42.5 Å². The molecule has 9 nitrogen and oxygen atoms in total. The Hall–Kier alpha value is -3.63. The molecule has 2 aromatic carbocycles. The zero-order valence-corrected chi connectivity index (χ0v) is 19.0. The smallest absolute Gasteiger partial charge is 0.267 e. The van der Waals surface area contributed by atoms with Crippen LogP contribution in [0.25, 0.3) is 17.3 Å². The number of hydrogen-bond donors (Lipinski definition) is 2. The van der Waals surface area contributed by atoms with E-state index in [4.69, 9.17) is 16.3 Å². The van der Waals surface area contributed by atoms with Crippen LogP contribution in [0.15, 0.2) is 65.2 Å². The molecule has 2 N–H and O–H groups in total. The number of nitrogens with one attached hydrogen (secondary N) is 2. The van der Waals surface area contributed by atoms with Crippen molar-refractivity contribution in [2.45, 2.75) is 4.90 Å². The fourth-order valence-corrected chi connectivity index (χ4v) is 4.88. The molecule has 0 unspecified atom stereocenters. The van der Waals surface area contributed by atoms with Crippen LogP contribution in [0.3, 0.4) is 0 Å². The van der Waals surface area contributed by atoms with Crippen LogP contribution in [0.5, 0.6) is 5.75 Å². The quantitative estimate of drug-likeness (QED) is 0.534. The average molecular weight is 487 g/mol. The number of carbonyl (C=O) groups is 2. The van der Waals surface area contributed by atoms with E-state index in [1.165, 1.54) is 25.3 Å². The lowest BCUT2D eigenvalue weighted by Gasteiger charge is -2.20. The van der Waals surface area contributed by atoms with Crippen molar-refractivity contribution in [2.24, 2.45) is 0 Å². The molecule has 1 aromatic heterocycles. The van der Waals surface area contributed by atoms with Crippen molar-refractivity contribution in [3.8, 4) is 17.0 Å². The Morgan fingerprint density at radius 2 is 1.88 bits per heavy atom. The van der Waals surface area contributed by atoms with Gasteiger partial charge in [-0.3, -0.25) is 14.7 Å². The topological polar surface area (TPSA) is 121 Å². The fourth-order valence-electron chi connectivity index (χ4n) is 3.35. The Labute approximate surface area is 195 Å². The molecule has 1 aliphatic rings. The summed E-state index contributed by atoms with van der Waals surface area (Å²) in [7, 11) is -2.84. The van der Waals surface area contributed by atoms with Gasteiger partial charge in [-0.25, -0.2) is 12.7 Å². The minimum atomic E-state index is -4.31. The van der Waals surface area contributed by atoms with E-state index in [1.54, 1.807) is 42.6 Å². The number of sulfonamides is 1. The van der Waals surface area contributed by atoms with Crippen molar-refractivity contribution < 1.29 is 22.7 Å². The molecule has 3 aromatic rings. The summed E-state index contributed by atoms with van der Waals surface area (Å²) in [5.74, 6) is -0.966. The van der Waals surface area contributed by atoms with Gasteiger partial charge in [0, 0.05) is 34.5 Å². The third-order valence-electron chi connectivity index (χ3n) is 5.02. The van der Waals surface area contributed by atoms with Crippen molar-refractivity contribution >= 4 is 39.5 Å². The van der Waals surface area contributed by atoms with Crippen molar-refractivity contribution in [2.75, 3.05) is 20.2 Å². The highest BCUT2D eigenvalue weighted by molar-refractivity contribution is 7.89. The summed E-state index contributed by atoms with van der Waals surface area (Å²) >= 11 is 6.06. The third-order valence-corrected chi connectivity index (χ3v) is 7.00. The van der Waals surface area contributed by atoms with Crippen LogP contribution >= 0.6 is 11.6 Å². The van der Waals surface area contributed by atoms with Gasteiger partial charge in [-0.15, -0.1) is 0 Å². The van der Waals surface area contributed by atoms with Crippen molar-refractivity contribution in [1.29, 1.82) is 0 Å². The lowest BCUT2D eigenvalue weighted by molar-refractivity contribution is -0.127.